The number of aromatic nitrogens is 3. The molecule has 8 heteroatoms. The standard InChI is InChI=1S/C18H25N5OS.ClH/c1-12-4-5-14(16(10-12)25-3)11-20-18(24)17-13(2)23(22-21-17)15-6-8-19-9-7-15;/h4-5,10,15,19H,6-9,11H2,1-3H3,(H,20,24);1H. The van der Waals surface area contributed by atoms with Crippen LogP contribution in [-0.2, 0) is 6.54 Å². The summed E-state index contributed by atoms with van der Waals surface area (Å²) < 4.78 is 1.91. The zero-order valence-corrected chi connectivity index (χ0v) is 17.0. The maximum absolute atomic E-state index is 12.6. The number of nitrogens with one attached hydrogen (secondary N) is 2. The number of carbonyl (C=O) groups is 1. The molecule has 1 aliphatic heterocycles. The Kier molecular flexibility index (Phi) is 7.49. The van der Waals surface area contributed by atoms with Crippen molar-refractivity contribution in [1.82, 2.24) is 25.6 Å². The Bertz CT molecular complexity index is 758. The molecule has 26 heavy (non-hydrogen) atoms. The Morgan fingerprint density at radius 3 is 2.77 bits per heavy atom. The van der Waals surface area contributed by atoms with Gasteiger partial charge in [0.1, 0.15) is 0 Å². The van der Waals surface area contributed by atoms with E-state index >= 15 is 0 Å². The van der Waals surface area contributed by atoms with Gasteiger partial charge in [0.25, 0.3) is 5.91 Å². The number of carbonyl (C=O) groups excluding carboxylic acids is 1. The second-order valence-corrected chi connectivity index (χ2v) is 7.30. The number of amides is 1. The highest BCUT2D eigenvalue weighted by Gasteiger charge is 2.22. The van der Waals surface area contributed by atoms with Crippen molar-refractivity contribution < 1.29 is 4.79 Å². The maximum atomic E-state index is 12.6. The molecule has 2 N–H and O–H groups in total. The van der Waals surface area contributed by atoms with Crippen LogP contribution in [0.25, 0.3) is 0 Å². The lowest BCUT2D eigenvalue weighted by Crippen LogP contribution is -2.30. The van der Waals surface area contributed by atoms with E-state index < -0.39 is 0 Å². The van der Waals surface area contributed by atoms with Gasteiger partial charge in [-0.2, -0.15) is 0 Å². The van der Waals surface area contributed by atoms with Gasteiger partial charge in [0.15, 0.2) is 5.69 Å². The molecule has 1 aromatic carbocycles. The summed E-state index contributed by atoms with van der Waals surface area (Å²) in [6.45, 7) is 6.46. The summed E-state index contributed by atoms with van der Waals surface area (Å²) in [6.07, 6.45) is 4.09. The third kappa shape index (κ3) is 4.58. The maximum Gasteiger partial charge on any atom is 0.274 e. The van der Waals surface area contributed by atoms with Crippen molar-refractivity contribution in [2.75, 3.05) is 19.3 Å². The second-order valence-electron chi connectivity index (χ2n) is 6.45. The molecule has 6 nitrogen and oxygen atoms in total. The van der Waals surface area contributed by atoms with Crippen molar-refractivity contribution in [2.24, 2.45) is 0 Å². The van der Waals surface area contributed by atoms with Gasteiger partial charge in [-0.05, 0) is 63.2 Å². The van der Waals surface area contributed by atoms with Crippen molar-refractivity contribution in [3.8, 4) is 0 Å². The summed E-state index contributed by atoms with van der Waals surface area (Å²) in [6, 6.07) is 6.61. The van der Waals surface area contributed by atoms with E-state index in [9.17, 15) is 4.79 Å². The quantitative estimate of drug-likeness (QED) is 0.761. The van der Waals surface area contributed by atoms with Gasteiger partial charge < -0.3 is 10.6 Å². The van der Waals surface area contributed by atoms with Gasteiger partial charge in [-0.15, -0.1) is 29.3 Å². The van der Waals surface area contributed by atoms with Gasteiger partial charge in [0.05, 0.1) is 11.7 Å². The topological polar surface area (TPSA) is 71.8 Å². The number of hydrogen-bond donors (Lipinski definition) is 2. The summed E-state index contributed by atoms with van der Waals surface area (Å²) in [5.41, 5.74) is 3.62. The first kappa shape index (κ1) is 20.7. The molecule has 0 saturated carbocycles. The van der Waals surface area contributed by atoms with Crippen LogP contribution in [0.4, 0.5) is 0 Å². The molecular weight excluding hydrogens is 370 g/mol. The number of hydrogen-bond acceptors (Lipinski definition) is 5. The largest absolute Gasteiger partial charge is 0.346 e. The Morgan fingerprint density at radius 2 is 2.08 bits per heavy atom. The molecule has 1 aromatic heterocycles. The minimum Gasteiger partial charge on any atom is -0.346 e. The number of nitrogens with zero attached hydrogens (tertiary/aromatic N) is 3. The minimum atomic E-state index is -0.162. The lowest BCUT2D eigenvalue weighted by molar-refractivity contribution is 0.0945. The fourth-order valence-corrected chi connectivity index (χ4v) is 3.91. The number of thioether (sulfide) groups is 1. The molecule has 0 radical (unpaired) electrons. The van der Waals surface area contributed by atoms with Crippen molar-refractivity contribution in [3.63, 3.8) is 0 Å². The summed E-state index contributed by atoms with van der Waals surface area (Å²) in [4.78, 5) is 13.7. The highest BCUT2D eigenvalue weighted by Crippen LogP contribution is 2.22. The fourth-order valence-electron chi connectivity index (χ4n) is 3.21. The summed E-state index contributed by atoms with van der Waals surface area (Å²) in [5.74, 6) is -0.162. The molecule has 1 amide bonds. The van der Waals surface area contributed by atoms with Crippen LogP contribution in [0.15, 0.2) is 23.1 Å². The lowest BCUT2D eigenvalue weighted by atomic mass is 10.1. The van der Waals surface area contributed by atoms with Crippen LogP contribution in [-0.4, -0.2) is 40.2 Å². The smallest absolute Gasteiger partial charge is 0.274 e. The van der Waals surface area contributed by atoms with Crippen molar-refractivity contribution in [3.05, 3.63) is 40.7 Å². The average Bonchev–Trinajstić information content (AvgIpc) is 3.02. The van der Waals surface area contributed by atoms with E-state index in [1.54, 1.807) is 11.8 Å². The SMILES string of the molecule is CSc1cc(C)ccc1CNC(=O)c1nnn(C2CCNCC2)c1C.Cl. The van der Waals surface area contributed by atoms with Crippen LogP contribution in [0, 0.1) is 13.8 Å². The van der Waals surface area contributed by atoms with Crippen LogP contribution in [0.5, 0.6) is 0 Å². The molecule has 1 saturated heterocycles. The molecule has 1 fully saturated rings. The van der Waals surface area contributed by atoms with Crippen LogP contribution < -0.4 is 10.6 Å². The average molecular weight is 396 g/mol. The van der Waals surface area contributed by atoms with Crippen LogP contribution >= 0.6 is 24.2 Å². The predicted molar refractivity (Wildman–Crippen MR) is 107 cm³/mol. The van der Waals surface area contributed by atoms with E-state index in [1.807, 2.05) is 11.6 Å². The van der Waals surface area contributed by atoms with Gasteiger partial charge in [-0.3, -0.25) is 4.79 Å². The van der Waals surface area contributed by atoms with Crippen LogP contribution in [0.1, 0.15) is 46.2 Å². The summed E-state index contributed by atoms with van der Waals surface area (Å²) in [5, 5.41) is 14.7. The van der Waals surface area contributed by atoms with Crippen molar-refractivity contribution in [2.45, 2.75) is 44.2 Å². The first-order valence-electron chi connectivity index (χ1n) is 8.64. The molecule has 0 bridgehead atoms. The van der Waals surface area contributed by atoms with E-state index in [0.29, 0.717) is 18.3 Å². The van der Waals surface area contributed by atoms with Crippen molar-refractivity contribution >= 4 is 30.1 Å². The molecule has 3 rings (SSSR count). The molecule has 142 valence electrons. The zero-order chi connectivity index (χ0) is 17.8. The van der Waals surface area contributed by atoms with Gasteiger partial charge in [0, 0.05) is 11.4 Å². The lowest BCUT2D eigenvalue weighted by Gasteiger charge is -2.23. The second kappa shape index (κ2) is 9.39. The first-order valence-corrected chi connectivity index (χ1v) is 9.87. The van der Waals surface area contributed by atoms with Crippen LogP contribution in [0.2, 0.25) is 0 Å². The Labute approximate surface area is 164 Å². The predicted octanol–water partition coefficient (Wildman–Crippen LogP) is 2.89. The van der Waals surface area contributed by atoms with Gasteiger partial charge in [0.2, 0.25) is 0 Å². The van der Waals surface area contributed by atoms with E-state index in [1.165, 1.54) is 10.5 Å². The Morgan fingerprint density at radius 1 is 1.35 bits per heavy atom. The Hall–Kier alpha value is -1.57. The zero-order valence-electron chi connectivity index (χ0n) is 15.4. The number of rotatable bonds is 5. The molecule has 0 unspecified atom stereocenters. The van der Waals surface area contributed by atoms with Gasteiger partial charge in [-0.25, -0.2) is 4.68 Å². The summed E-state index contributed by atoms with van der Waals surface area (Å²) in [7, 11) is 0. The highest BCUT2D eigenvalue weighted by molar-refractivity contribution is 7.98. The van der Waals surface area contributed by atoms with E-state index in [0.717, 1.165) is 37.2 Å². The number of piperidine rings is 1. The van der Waals surface area contributed by atoms with Gasteiger partial charge in [-0.1, -0.05) is 17.3 Å². The third-order valence-corrected chi connectivity index (χ3v) is 5.50. The fraction of sp³-hybridized carbons (Fsp3) is 0.500. The minimum absolute atomic E-state index is 0. The first-order chi connectivity index (χ1) is 12.1. The highest BCUT2D eigenvalue weighted by atomic mass is 35.5. The molecule has 0 aliphatic carbocycles. The summed E-state index contributed by atoms with van der Waals surface area (Å²) >= 11 is 1.69. The van der Waals surface area contributed by atoms with E-state index in [-0.39, 0.29) is 18.3 Å². The Balaban J connectivity index is 0.00000243. The normalized spacial score (nSPS) is 14.7. The third-order valence-electron chi connectivity index (χ3n) is 4.68. The molecule has 0 spiro atoms. The van der Waals surface area contributed by atoms with Gasteiger partial charge >= 0.3 is 0 Å². The monoisotopic (exact) mass is 395 g/mol. The number of aryl methyl sites for hydroxylation is 1. The molecule has 2 heterocycles. The molecule has 2 aromatic rings. The van der Waals surface area contributed by atoms with E-state index in [4.69, 9.17) is 0 Å². The number of benzene rings is 1. The molecule has 1 aliphatic rings. The van der Waals surface area contributed by atoms with E-state index in [2.05, 4.69) is 52.3 Å². The molecule has 0 atom stereocenters. The van der Waals surface area contributed by atoms with Crippen LogP contribution in [0.3, 0.4) is 0 Å². The number of halogens is 1. The van der Waals surface area contributed by atoms with Crippen molar-refractivity contribution in [1.29, 1.82) is 0 Å². The molecular formula is C18H26ClN5OS.